The molecule has 1 saturated carbocycles. The van der Waals surface area contributed by atoms with Crippen molar-refractivity contribution in [3.05, 3.63) is 46.2 Å². The Morgan fingerprint density at radius 3 is 2.93 bits per heavy atom. The first-order valence-electron chi connectivity index (χ1n) is 9.33. The monoisotopic (exact) mass is 403 g/mol. The van der Waals surface area contributed by atoms with Crippen LogP contribution in [0.3, 0.4) is 0 Å². The average Bonchev–Trinajstić information content (AvgIpc) is 3.07. The van der Waals surface area contributed by atoms with Gasteiger partial charge in [0, 0.05) is 42.0 Å². The van der Waals surface area contributed by atoms with Gasteiger partial charge >= 0.3 is 6.03 Å². The van der Waals surface area contributed by atoms with Crippen LogP contribution in [-0.4, -0.2) is 51.8 Å². The number of hydroxylamine groups is 2. The number of amides is 3. The van der Waals surface area contributed by atoms with Crippen LogP contribution in [0.4, 0.5) is 10.5 Å². The van der Waals surface area contributed by atoms with Crippen LogP contribution in [0.1, 0.15) is 41.0 Å². The van der Waals surface area contributed by atoms with Gasteiger partial charge in [0.05, 0.1) is 12.6 Å². The third-order valence-corrected chi connectivity index (χ3v) is 5.38. The molecule has 1 aliphatic carbocycles. The predicted octanol–water partition coefficient (Wildman–Crippen LogP) is 3.21. The van der Waals surface area contributed by atoms with Crippen molar-refractivity contribution in [1.82, 2.24) is 20.2 Å². The molecule has 1 aromatic heterocycles. The van der Waals surface area contributed by atoms with E-state index in [2.05, 4.69) is 15.5 Å². The van der Waals surface area contributed by atoms with Crippen LogP contribution in [0.2, 0.25) is 5.02 Å². The summed E-state index contributed by atoms with van der Waals surface area (Å²) in [6, 6.07) is 6.74. The van der Waals surface area contributed by atoms with Gasteiger partial charge in [0.25, 0.3) is 5.91 Å². The maximum atomic E-state index is 12.7. The molecule has 2 aliphatic rings. The van der Waals surface area contributed by atoms with Crippen molar-refractivity contribution in [2.24, 2.45) is 0 Å². The second-order valence-electron chi connectivity index (χ2n) is 7.10. The number of nitrogens with zero attached hydrogens (tertiary/aromatic N) is 3. The zero-order valence-electron chi connectivity index (χ0n) is 15.6. The van der Waals surface area contributed by atoms with E-state index < -0.39 is 0 Å². The third-order valence-electron chi connectivity index (χ3n) is 5.14. The second kappa shape index (κ2) is 7.81. The first-order valence-corrected chi connectivity index (χ1v) is 9.71. The molecule has 9 heteroatoms. The zero-order chi connectivity index (χ0) is 19.7. The summed E-state index contributed by atoms with van der Waals surface area (Å²) < 4.78 is 0. The molecule has 8 nitrogen and oxygen atoms in total. The zero-order valence-corrected chi connectivity index (χ0v) is 16.3. The fourth-order valence-electron chi connectivity index (χ4n) is 3.31. The number of aromatic nitrogens is 2. The lowest BCUT2D eigenvalue weighted by Crippen LogP contribution is -2.40. The minimum absolute atomic E-state index is 0.101. The number of H-pyrrole nitrogens is 1. The number of hydrogen-bond acceptors (Lipinski definition) is 4. The van der Waals surface area contributed by atoms with E-state index in [9.17, 15) is 9.59 Å². The molecule has 0 unspecified atom stereocenters. The normalized spacial score (nSPS) is 16.3. The quantitative estimate of drug-likeness (QED) is 0.767. The minimum Gasteiger partial charge on any atom is -0.320 e. The molecule has 1 aromatic carbocycles. The van der Waals surface area contributed by atoms with Gasteiger partial charge in [-0.2, -0.15) is 5.10 Å². The lowest BCUT2D eigenvalue weighted by Gasteiger charge is -2.30. The van der Waals surface area contributed by atoms with Gasteiger partial charge in [0.1, 0.15) is 0 Å². The van der Waals surface area contributed by atoms with Gasteiger partial charge in [-0.05, 0) is 37.5 Å². The summed E-state index contributed by atoms with van der Waals surface area (Å²) >= 11 is 5.97. The number of hydrogen-bond donors (Lipinski definition) is 2. The number of rotatable bonds is 4. The van der Waals surface area contributed by atoms with Crippen LogP contribution in [0, 0.1) is 0 Å². The summed E-state index contributed by atoms with van der Waals surface area (Å²) in [5.41, 5.74) is 2.55. The first-order chi connectivity index (χ1) is 13.5. The van der Waals surface area contributed by atoms with E-state index in [0.29, 0.717) is 35.9 Å². The van der Waals surface area contributed by atoms with Crippen LogP contribution in [0.5, 0.6) is 0 Å². The van der Waals surface area contributed by atoms with Crippen molar-refractivity contribution in [1.29, 1.82) is 0 Å². The van der Waals surface area contributed by atoms with Crippen LogP contribution >= 0.6 is 11.6 Å². The Kier molecular flexibility index (Phi) is 5.23. The number of carbonyl (C=O) groups is 2. The minimum atomic E-state index is -0.304. The van der Waals surface area contributed by atoms with Crippen molar-refractivity contribution in [3.8, 4) is 0 Å². The van der Waals surface area contributed by atoms with Gasteiger partial charge in [-0.1, -0.05) is 17.7 Å². The first kappa shape index (κ1) is 18.8. The molecule has 1 fully saturated rings. The standard InChI is InChI=1S/C19H22ClN5O3/c1-24(28-14-6-3-7-14)18(26)17-15-11-25(9-8-16(15)22-23-17)19(27)21-13-5-2-4-12(20)10-13/h2,4-5,10,14H,3,6-9,11H2,1H3,(H,21,27)(H,22,23). The highest BCUT2D eigenvalue weighted by Crippen LogP contribution is 2.25. The molecular weight excluding hydrogens is 382 g/mol. The Labute approximate surface area is 167 Å². The van der Waals surface area contributed by atoms with Crippen molar-refractivity contribution in [2.75, 3.05) is 18.9 Å². The van der Waals surface area contributed by atoms with Crippen molar-refractivity contribution < 1.29 is 14.4 Å². The fraction of sp³-hybridized carbons (Fsp3) is 0.421. The number of benzene rings is 1. The Bertz CT molecular complexity index is 895. The molecule has 0 radical (unpaired) electrons. The molecule has 1 aliphatic heterocycles. The van der Waals surface area contributed by atoms with Gasteiger partial charge < -0.3 is 10.2 Å². The van der Waals surface area contributed by atoms with E-state index in [0.717, 1.165) is 30.5 Å². The summed E-state index contributed by atoms with van der Waals surface area (Å²) in [5, 5.41) is 11.8. The van der Waals surface area contributed by atoms with Crippen LogP contribution in [-0.2, 0) is 17.8 Å². The summed E-state index contributed by atoms with van der Waals surface area (Å²) in [7, 11) is 1.61. The topological polar surface area (TPSA) is 90.6 Å². The molecule has 2 heterocycles. The summed E-state index contributed by atoms with van der Waals surface area (Å²) in [5.74, 6) is -0.304. The van der Waals surface area contributed by atoms with E-state index in [-0.39, 0.29) is 18.0 Å². The van der Waals surface area contributed by atoms with E-state index in [1.54, 1.807) is 36.2 Å². The molecule has 3 amide bonds. The molecule has 148 valence electrons. The molecule has 0 atom stereocenters. The highest BCUT2D eigenvalue weighted by molar-refractivity contribution is 6.30. The number of aromatic amines is 1. The Hall–Kier alpha value is -2.58. The molecule has 2 aromatic rings. The van der Waals surface area contributed by atoms with Gasteiger partial charge in [0.2, 0.25) is 0 Å². The van der Waals surface area contributed by atoms with Crippen LogP contribution in [0.25, 0.3) is 0 Å². The van der Waals surface area contributed by atoms with Crippen LogP contribution < -0.4 is 5.32 Å². The second-order valence-corrected chi connectivity index (χ2v) is 7.54. The number of nitrogens with one attached hydrogen (secondary N) is 2. The van der Waals surface area contributed by atoms with E-state index in [4.69, 9.17) is 16.4 Å². The molecule has 2 N–H and O–H groups in total. The Morgan fingerprint density at radius 2 is 2.21 bits per heavy atom. The number of halogens is 1. The van der Waals surface area contributed by atoms with Crippen molar-refractivity contribution in [2.45, 2.75) is 38.3 Å². The van der Waals surface area contributed by atoms with Crippen molar-refractivity contribution >= 4 is 29.2 Å². The summed E-state index contributed by atoms with van der Waals surface area (Å²) in [4.78, 5) is 32.7. The third kappa shape index (κ3) is 3.83. The molecule has 0 saturated heterocycles. The van der Waals surface area contributed by atoms with Gasteiger partial charge in [-0.3, -0.25) is 14.7 Å². The SMILES string of the molecule is CN(OC1CCC1)C(=O)c1n[nH]c2c1CN(C(=O)Nc1cccc(Cl)c1)CC2. The Balaban J connectivity index is 1.44. The highest BCUT2D eigenvalue weighted by Gasteiger charge is 2.31. The largest absolute Gasteiger partial charge is 0.322 e. The molecule has 4 rings (SSSR count). The molecule has 28 heavy (non-hydrogen) atoms. The summed E-state index contributed by atoms with van der Waals surface area (Å²) in [6.45, 7) is 0.834. The average molecular weight is 404 g/mol. The van der Waals surface area contributed by atoms with Crippen LogP contribution in [0.15, 0.2) is 24.3 Å². The molecule has 0 bridgehead atoms. The predicted molar refractivity (Wildman–Crippen MR) is 104 cm³/mol. The maximum Gasteiger partial charge on any atom is 0.322 e. The number of fused-ring (bicyclic) bond motifs is 1. The van der Waals surface area contributed by atoms with Gasteiger partial charge in [-0.15, -0.1) is 0 Å². The fourth-order valence-corrected chi connectivity index (χ4v) is 3.50. The van der Waals surface area contributed by atoms with E-state index in [1.165, 1.54) is 5.06 Å². The van der Waals surface area contributed by atoms with Crippen molar-refractivity contribution in [3.63, 3.8) is 0 Å². The number of urea groups is 1. The van der Waals surface area contributed by atoms with Gasteiger partial charge in [-0.25, -0.2) is 9.86 Å². The number of anilines is 1. The smallest absolute Gasteiger partial charge is 0.320 e. The summed E-state index contributed by atoms with van der Waals surface area (Å²) in [6.07, 6.45) is 3.76. The lowest BCUT2D eigenvalue weighted by molar-refractivity contribution is -0.170. The number of carbonyl (C=O) groups excluding carboxylic acids is 2. The van der Waals surface area contributed by atoms with Gasteiger partial charge in [0.15, 0.2) is 5.69 Å². The lowest BCUT2D eigenvalue weighted by atomic mass is 9.97. The van der Waals surface area contributed by atoms with E-state index in [1.807, 2.05) is 0 Å². The van der Waals surface area contributed by atoms with E-state index >= 15 is 0 Å². The molecular formula is C19H22ClN5O3. The Morgan fingerprint density at radius 1 is 1.39 bits per heavy atom. The molecule has 0 spiro atoms. The maximum absolute atomic E-state index is 12.7. The highest BCUT2D eigenvalue weighted by atomic mass is 35.5.